The van der Waals surface area contributed by atoms with Gasteiger partial charge in [-0.2, -0.15) is 18.3 Å². The molecule has 0 fully saturated rings. The predicted octanol–water partition coefficient (Wildman–Crippen LogP) is 2.83. The molecule has 0 spiro atoms. The molecule has 1 aromatic carbocycles. The van der Waals surface area contributed by atoms with Crippen molar-refractivity contribution in [2.24, 2.45) is 5.92 Å². The molecule has 0 bridgehead atoms. The molecule has 152 valence electrons. The molecule has 0 radical (unpaired) electrons. The third-order valence-corrected chi connectivity index (χ3v) is 5.15. The number of carbonyl (C=O) groups is 1. The van der Waals surface area contributed by atoms with E-state index < -0.39 is 12.1 Å². The van der Waals surface area contributed by atoms with Crippen LogP contribution < -0.4 is 5.32 Å². The molecule has 2 aromatic heterocycles. The third kappa shape index (κ3) is 3.74. The van der Waals surface area contributed by atoms with Crippen molar-refractivity contribution in [3.05, 3.63) is 59.4 Å². The molecule has 1 aliphatic heterocycles. The van der Waals surface area contributed by atoms with Crippen LogP contribution in [0.5, 0.6) is 0 Å². The summed E-state index contributed by atoms with van der Waals surface area (Å²) in [4.78, 5) is 12.6. The van der Waals surface area contributed by atoms with Gasteiger partial charge in [-0.15, -0.1) is 10.2 Å². The highest BCUT2D eigenvalue weighted by molar-refractivity contribution is 5.95. The Kier molecular flexibility index (Phi) is 4.85. The van der Waals surface area contributed by atoms with Gasteiger partial charge in [0, 0.05) is 13.0 Å². The minimum absolute atomic E-state index is 0.00581. The number of aromatic nitrogens is 5. The van der Waals surface area contributed by atoms with Crippen LogP contribution >= 0.6 is 0 Å². The standard InChI is InChI=1S/C19H19F3N6O/c1-12-15(9-24-28(12)14-5-3-2-4-6-14)18(29)23-10-17-26-25-16-8-7-13(11-27(16)17)19(20,21)22/h2-6,9,13H,7-8,10-11H2,1H3,(H,23,29). The molecule has 3 heterocycles. The van der Waals surface area contributed by atoms with Gasteiger partial charge in [0.25, 0.3) is 5.91 Å². The van der Waals surface area contributed by atoms with Crippen LogP contribution in [0.25, 0.3) is 5.69 Å². The Morgan fingerprint density at radius 1 is 1.24 bits per heavy atom. The number of hydrogen-bond donors (Lipinski definition) is 1. The largest absolute Gasteiger partial charge is 0.393 e. The molecule has 1 amide bonds. The van der Waals surface area contributed by atoms with Gasteiger partial charge < -0.3 is 9.88 Å². The number of para-hydroxylation sites is 1. The van der Waals surface area contributed by atoms with E-state index in [1.165, 1.54) is 10.8 Å². The highest BCUT2D eigenvalue weighted by Gasteiger charge is 2.42. The maximum absolute atomic E-state index is 13.1. The van der Waals surface area contributed by atoms with Gasteiger partial charge in [-0.3, -0.25) is 4.79 Å². The third-order valence-electron chi connectivity index (χ3n) is 5.15. The number of aryl methyl sites for hydroxylation is 1. The summed E-state index contributed by atoms with van der Waals surface area (Å²) in [7, 11) is 0. The number of halogens is 3. The molecule has 1 unspecified atom stereocenters. The van der Waals surface area contributed by atoms with E-state index >= 15 is 0 Å². The van der Waals surface area contributed by atoms with Crippen LogP contribution in [0.3, 0.4) is 0 Å². The van der Waals surface area contributed by atoms with Crippen LogP contribution in [0.15, 0.2) is 36.5 Å². The topological polar surface area (TPSA) is 77.6 Å². The van der Waals surface area contributed by atoms with Crippen LogP contribution in [0.1, 0.15) is 34.1 Å². The van der Waals surface area contributed by atoms with E-state index in [2.05, 4.69) is 20.6 Å². The number of nitrogens with zero attached hydrogens (tertiary/aromatic N) is 5. The van der Waals surface area contributed by atoms with Crippen molar-refractivity contribution in [1.29, 1.82) is 0 Å². The van der Waals surface area contributed by atoms with Crippen LogP contribution in [0, 0.1) is 12.8 Å². The molecule has 3 aromatic rings. The first-order valence-corrected chi connectivity index (χ1v) is 9.20. The Morgan fingerprint density at radius 2 is 2.00 bits per heavy atom. The first kappa shape index (κ1) is 19.2. The normalized spacial score (nSPS) is 16.5. The van der Waals surface area contributed by atoms with Crippen LogP contribution in [-0.2, 0) is 19.5 Å². The van der Waals surface area contributed by atoms with Gasteiger partial charge in [0.1, 0.15) is 5.82 Å². The van der Waals surface area contributed by atoms with E-state index in [1.54, 1.807) is 11.6 Å². The average molecular weight is 404 g/mol. The van der Waals surface area contributed by atoms with Crippen molar-refractivity contribution in [2.45, 2.75) is 39.0 Å². The molecule has 1 atom stereocenters. The summed E-state index contributed by atoms with van der Waals surface area (Å²) in [5.74, 6) is -0.963. The second-order valence-electron chi connectivity index (χ2n) is 6.99. The molecule has 7 nitrogen and oxygen atoms in total. The van der Waals surface area contributed by atoms with E-state index in [0.29, 0.717) is 22.9 Å². The first-order valence-electron chi connectivity index (χ1n) is 9.20. The molecule has 0 aliphatic carbocycles. The van der Waals surface area contributed by atoms with Crippen molar-refractivity contribution < 1.29 is 18.0 Å². The highest BCUT2D eigenvalue weighted by atomic mass is 19.4. The van der Waals surface area contributed by atoms with Crippen LogP contribution in [0.2, 0.25) is 0 Å². The number of benzene rings is 1. The quantitative estimate of drug-likeness (QED) is 0.726. The second kappa shape index (κ2) is 7.34. The van der Waals surface area contributed by atoms with Crippen molar-refractivity contribution >= 4 is 5.91 Å². The van der Waals surface area contributed by atoms with Gasteiger partial charge in [0.15, 0.2) is 5.82 Å². The number of alkyl halides is 3. The molecule has 0 saturated heterocycles. The lowest BCUT2D eigenvalue weighted by atomic mass is 9.99. The highest BCUT2D eigenvalue weighted by Crippen LogP contribution is 2.34. The molecule has 10 heteroatoms. The van der Waals surface area contributed by atoms with Gasteiger partial charge in [0.05, 0.1) is 35.6 Å². The molecule has 0 saturated carbocycles. The zero-order valence-corrected chi connectivity index (χ0v) is 15.6. The van der Waals surface area contributed by atoms with Gasteiger partial charge in [-0.25, -0.2) is 4.68 Å². The minimum atomic E-state index is -4.26. The monoisotopic (exact) mass is 404 g/mol. The summed E-state index contributed by atoms with van der Waals surface area (Å²) in [5, 5.41) is 14.9. The SMILES string of the molecule is Cc1c(C(=O)NCc2nnc3n2CC(C(F)(F)F)CC3)cnn1-c1ccccc1. The summed E-state index contributed by atoms with van der Waals surface area (Å²) in [6.45, 7) is 1.55. The van der Waals surface area contributed by atoms with Gasteiger partial charge in [-0.05, 0) is 25.5 Å². The Hall–Kier alpha value is -3.17. The fraction of sp³-hybridized carbons (Fsp3) is 0.368. The van der Waals surface area contributed by atoms with E-state index in [4.69, 9.17) is 0 Å². The van der Waals surface area contributed by atoms with E-state index in [9.17, 15) is 18.0 Å². The Labute approximate surface area is 164 Å². The van der Waals surface area contributed by atoms with Crippen molar-refractivity contribution in [3.8, 4) is 5.69 Å². The van der Waals surface area contributed by atoms with Crippen molar-refractivity contribution in [2.75, 3.05) is 0 Å². The van der Waals surface area contributed by atoms with Gasteiger partial charge in [-0.1, -0.05) is 18.2 Å². The lowest BCUT2D eigenvalue weighted by Gasteiger charge is -2.26. The number of rotatable bonds is 4. The number of amides is 1. The Bertz CT molecular complexity index is 1020. The van der Waals surface area contributed by atoms with Gasteiger partial charge >= 0.3 is 6.18 Å². The molecular weight excluding hydrogens is 385 g/mol. The van der Waals surface area contributed by atoms with Crippen LogP contribution in [0.4, 0.5) is 13.2 Å². The lowest BCUT2D eigenvalue weighted by Crippen LogP contribution is -2.34. The maximum atomic E-state index is 13.1. The molecular formula is C19H19F3N6O. The van der Waals surface area contributed by atoms with E-state index in [0.717, 1.165) is 5.69 Å². The molecule has 29 heavy (non-hydrogen) atoms. The maximum Gasteiger partial charge on any atom is 0.393 e. The van der Waals surface area contributed by atoms with Crippen LogP contribution in [-0.4, -0.2) is 36.6 Å². The second-order valence-corrected chi connectivity index (χ2v) is 6.99. The van der Waals surface area contributed by atoms with Crippen molar-refractivity contribution in [3.63, 3.8) is 0 Å². The average Bonchev–Trinajstić information content (AvgIpc) is 3.29. The number of fused-ring (bicyclic) bond motifs is 1. The fourth-order valence-corrected chi connectivity index (χ4v) is 3.50. The summed E-state index contributed by atoms with van der Waals surface area (Å²) >= 11 is 0. The fourth-order valence-electron chi connectivity index (χ4n) is 3.50. The lowest BCUT2D eigenvalue weighted by molar-refractivity contribution is -0.182. The Morgan fingerprint density at radius 3 is 2.72 bits per heavy atom. The number of nitrogens with one attached hydrogen (secondary N) is 1. The zero-order valence-electron chi connectivity index (χ0n) is 15.6. The van der Waals surface area contributed by atoms with Crippen molar-refractivity contribution in [1.82, 2.24) is 29.9 Å². The summed E-state index contributed by atoms with van der Waals surface area (Å²) in [6, 6.07) is 9.39. The van der Waals surface area contributed by atoms with Gasteiger partial charge in [0.2, 0.25) is 0 Å². The molecule has 4 rings (SSSR count). The summed E-state index contributed by atoms with van der Waals surface area (Å²) in [5.41, 5.74) is 1.88. The number of carbonyl (C=O) groups excluding carboxylic acids is 1. The summed E-state index contributed by atoms with van der Waals surface area (Å²) in [6.07, 6.45) is -2.57. The zero-order chi connectivity index (χ0) is 20.6. The Balaban J connectivity index is 1.47. The summed E-state index contributed by atoms with van der Waals surface area (Å²) < 4.78 is 42.3. The minimum Gasteiger partial charge on any atom is -0.345 e. The first-order chi connectivity index (χ1) is 13.8. The van der Waals surface area contributed by atoms with E-state index in [1.807, 2.05) is 30.3 Å². The molecule has 1 aliphatic rings. The number of hydrogen-bond acceptors (Lipinski definition) is 4. The molecule has 1 N–H and O–H groups in total. The predicted molar refractivity (Wildman–Crippen MR) is 97.4 cm³/mol. The van der Waals surface area contributed by atoms with E-state index in [-0.39, 0.29) is 31.8 Å². The smallest absolute Gasteiger partial charge is 0.345 e.